The minimum absolute atomic E-state index is 0.401. The molecule has 0 aliphatic heterocycles. The predicted molar refractivity (Wildman–Crippen MR) is 153 cm³/mol. The van der Waals surface area contributed by atoms with Crippen LogP contribution in [0.5, 0.6) is 11.5 Å². The first kappa shape index (κ1) is 27.0. The molecule has 40 heavy (non-hydrogen) atoms. The number of pyridine rings is 1. The van der Waals surface area contributed by atoms with E-state index in [9.17, 15) is 14.9 Å². The number of carbonyl (C=O) groups excluding carboxylic acids is 2. The van der Waals surface area contributed by atoms with Crippen molar-refractivity contribution in [1.82, 2.24) is 9.97 Å². The Morgan fingerprint density at radius 2 is 1.90 bits per heavy atom. The average molecular weight is 554 g/mol. The quantitative estimate of drug-likeness (QED) is 0.247. The number of benzene rings is 2. The Bertz CT molecular complexity index is 1680. The molecule has 0 amide bonds. The number of nitriles is 1. The molecule has 0 unspecified atom stereocenters. The second-order valence-corrected chi connectivity index (χ2v) is 10.3. The van der Waals surface area contributed by atoms with Gasteiger partial charge in [0, 0.05) is 16.5 Å². The second-order valence-electron chi connectivity index (χ2n) is 9.40. The van der Waals surface area contributed by atoms with Crippen LogP contribution in [-0.2, 0) is 16.0 Å². The maximum absolute atomic E-state index is 13.6. The summed E-state index contributed by atoms with van der Waals surface area (Å²) in [6.07, 6.45) is 4.31. The van der Waals surface area contributed by atoms with Gasteiger partial charge < -0.3 is 14.2 Å². The van der Waals surface area contributed by atoms with E-state index in [1.54, 1.807) is 26.5 Å². The van der Waals surface area contributed by atoms with Crippen molar-refractivity contribution in [3.8, 4) is 17.6 Å². The van der Waals surface area contributed by atoms with Crippen molar-refractivity contribution in [3.63, 3.8) is 0 Å². The normalized spacial score (nSPS) is 14.3. The standard InChI is InChI=1S/C31H27N3O5S/c1-18-17-40-30(33-18)23(15-32)25(35)16-39-31(36)28-21-8-4-5-10-24(21)34-29-20(7-6-9-22(28)29)13-19-11-12-26(37-2)27(14-19)38-3/h4-5,8,10-14,17,23H,6-7,9,16H2,1-3H3/b20-13-/t23-/m1/s1. The highest BCUT2D eigenvalue weighted by atomic mass is 32.1. The minimum Gasteiger partial charge on any atom is -0.493 e. The van der Waals surface area contributed by atoms with Crippen LogP contribution in [0.1, 0.15) is 56.6 Å². The Hall–Kier alpha value is -4.55. The van der Waals surface area contributed by atoms with Crippen LogP contribution >= 0.6 is 11.3 Å². The maximum atomic E-state index is 13.6. The average Bonchev–Trinajstić information content (AvgIpc) is 3.40. The van der Waals surface area contributed by atoms with Crippen molar-refractivity contribution in [3.05, 3.63) is 80.9 Å². The van der Waals surface area contributed by atoms with Gasteiger partial charge in [-0.2, -0.15) is 5.26 Å². The third-order valence-electron chi connectivity index (χ3n) is 6.80. The molecule has 0 bridgehead atoms. The van der Waals surface area contributed by atoms with Crippen molar-refractivity contribution < 1.29 is 23.8 Å². The molecule has 5 rings (SSSR count). The molecular formula is C31H27N3O5S. The van der Waals surface area contributed by atoms with Gasteiger partial charge in [-0.25, -0.2) is 14.8 Å². The smallest absolute Gasteiger partial charge is 0.339 e. The summed E-state index contributed by atoms with van der Waals surface area (Å²) in [7, 11) is 3.19. The summed E-state index contributed by atoms with van der Waals surface area (Å²) >= 11 is 1.24. The fourth-order valence-electron chi connectivity index (χ4n) is 4.91. The molecule has 202 valence electrons. The van der Waals surface area contributed by atoms with E-state index in [-0.39, 0.29) is 0 Å². The molecular weight excluding hydrogens is 526 g/mol. The molecule has 1 atom stereocenters. The number of para-hydroxylation sites is 1. The first-order valence-electron chi connectivity index (χ1n) is 12.8. The summed E-state index contributed by atoms with van der Waals surface area (Å²) in [4.78, 5) is 35.6. The lowest BCUT2D eigenvalue weighted by atomic mass is 9.86. The molecule has 9 heteroatoms. The van der Waals surface area contributed by atoms with Gasteiger partial charge in [-0.1, -0.05) is 24.3 Å². The summed E-state index contributed by atoms with van der Waals surface area (Å²) in [6.45, 7) is 1.28. The number of ketones is 1. The van der Waals surface area contributed by atoms with E-state index in [1.165, 1.54) is 11.3 Å². The van der Waals surface area contributed by atoms with E-state index in [1.807, 2.05) is 54.6 Å². The van der Waals surface area contributed by atoms with Crippen LogP contribution in [0.2, 0.25) is 0 Å². The van der Waals surface area contributed by atoms with Crippen molar-refractivity contribution in [2.24, 2.45) is 0 Å². The van der Waals surface area contributed by atoms with Crippen molar-refractivity contribution in [2.45, 2.75) is 32.1 Å². The largest absolute Gasteiger partial charge is 0.493 e. The van der Waals surface area contributed by atoms with Crippen molar-refractivity contribution in [1.29, 1.82) is 5.26 Å². The number of aromatic nitrogens is 2. The van der Waals surface area contributed by atoms with Gasteiger partial charge in [0.1, 0.15) is 5.01 Å². The molecule has 2 heterocycles. The fourth-order valence-corrected chi connectivity index (χ4v) is 5.77. The number of thiazole rings is 1. The molecule has 2 aromatic heterocycles. The van der Waals surface area contributed by atoms with Gasteiger partial charge in [0.15, 0.2) is 29.8 Å². The number of ether oxygens (including phenoxy) is 3. The van der Waals surface area contributed by atoms with Gasteiger partial charge in [-0.05, 0) is 67.2 Å². The van der Waals surface area contributed by atoms with Crippen LogP contribution in [0.25, 0.3) is 22.6 Å². The van der Waals surface area contributed by atoms with Gasteiger partial charge in [0.2, 0.25) is 0 Å². The van der Waals surface area contributed by atoms with Crippen LogP contribution < -0.4 is 9.47 Å². The van der Waals surface area contributed by atoms with Crippen LogP contribution in [0.3, 0.4) is 0 Å². The molecule has 0 saturated carbocycles. The zero-order valence-corrected chi connectivity index (χ0v) is 23.2. The molecule has 1 aliphatic carbocycles. The number of esters is 1. The summed E-state index contributed by atoms with van der Waals surface area (Å²) in [5.41, 5.74) is 5.25. The zero-order valence-electron chi connectivity index (χ0n) is 22.4. The number of nitrogens with zero attached hydrogens (tertiary/aromatic N) is 3. The van der Waals surface area contributed by atoms with Crippen LogP contribution in [0, 0.1) is 18.3 Å². The van der Waals surface area contributed by atoms with E-state index >= 15 is 0 Å². The number of rotatable bonds is 8. The Morgan fingerprint density at radius 3 is 2.62 bits per heavy atom. The topological polar surface area (TPSA) is 111 Å². The highest BCUT2D eigenvalue weighted by Gasteiger charge is 2.28. The molecule has 4 aromatic rings. The number of allylic oxidation sites excluding steroid dienone is 1. The number of Topliss-reactive ketones (excluding diaryl/α,β-unsaturated/α-hetero) is 1. The van der Waals surface area contributed by atoms with Crippen molar-refractivity contribution >= 4 is 45.6 Å². The lowest BCUT2D eigenvalue weighted by Crippen LogP contribution is -2.21. The Kier molecular flexibility index (Phi) is 7.89. The summed E-state index contributed by atoms with van der Waals surface area (Å²) in [6, 6.07) is 15.1. The van der Waals surface area contributed by atoms with E-state index in [2.05, 4.69) is 4.98 Å². The summed E-state index contributed by atoms with van der Waals surface area (Å²) < 4.78 is 16.4. The number of methoxy groups -OCH3 is 2. The predicted octanol–water partition coefficient (Wildman–Crippen LogP) is 5.93. The molecule has 0 spiro atoms. The van der Waals surface area contributed by atoms with E-state index < -0.39 is 24.3 Å². The Morgan fingerprint density at radius 1 is 1.10 bits per heavy atom. The molecule has 0 radical (unpaired) electrons. The minimum atomic E-state index is -1.08. The number of hydrogen-bond acceptors (Lipinski definition) is 9. The molecule has 0 N–H and O–H groups in total. The number of aryl methyl sites for hydroxylation is 1. The lowest BCUT2D eigenvalue weighted by molar-refractivity contribution is -0.122. The van der Waals surface area contributed by atoms with Gasteiger partial charge in [0.05, 0.1) is 37.1 Å². The van der Waals surface area contributed by atoms with Crippen LogP contribution in [-0.4, -0.2) is 42.5 Å². The highest BCUT2D eigenvalue weighted by molar-refractivity contribution is 7.09. The first-order chi connectivity index (χ1) is 19.4. The van der Waals surface area contributed by atoms with E-state index in [0.717, 1.165) is 40.9 Å². The molecule has 8 nitrogen and oxygen atoms in total. The second kappa shape index (κ2) is 11.7. The van der Waals surface area contributed by atoms with Crippen LogP contribution in [0.15, 0.2) is 47.8 Å². The van der Waals surface area contributed by atoms with Crippen molar-refractivity contribution in [2.75, 3.05) is 20.8 Å². The maximum Gasteiger partial charge on any atom is 0.339 e. The molecule has 0 fully saturated rings. The Labute approximate surface area is 235 Å². The van der Waals surface area contributed by atoms with Gasteiger partial charge >= 0.3 is 5.97 Å². The third kappa shape index (κ3) is 5.31. The zero-order chi connectivity index (χ0) is 28.2. The third-order valence-corrected chi connectivity index (χ3v) is 7.83. The van der Waals surface area contributed by atoms with Gasteiger partial charge in [-0.3, -0.25) is 4.79 Å². The SMILES string of the molecule is COc1ccc(/C=C2/CCCc3c2nc2ccccc2c3C(=O)OCC(=O)[C@@H](C#N)c2nc(C)cs2)cc1OC. The monoisotopic (exact) mass is 553 g/mol. The number of fused-ring (bicyclic) bond motifs is 2. The van der Waals surface area contributed by atoms with Crippen LogP contribution in [0.4, 0.5) is 0 Å². The fraction of sp³-hybridized carbons (Fsp3) is 0.258. The first-order valence-corrected chi connectivity index (χ1v) is 13.7. The molecule has 1 aliphatic rings. The highest BCUT2D eigenvalue weighted by Crippen LogP contribution is 2.37. The van der Waals surface area contributed by atoms with Gasteiger partial charge in [0.25, 0.3) is 0 Å². The molecule has 0 saturated heterocycles. The number of carbonyl (C=O) groups is 2. The summed E-state index contributed by atoms with van der Waals surface area (Å²) in [5, 5.41) is 12.4. The summed E-state index contributed by atoms with van der Waals surface area (Å²) in [5.74, 6) is -0.933. The van der Waals surface area contributed by atoms with Gasteiger partial charge in [-0.15, -0.1) is 11.3 Å². The van der Waals surface area contributed by atoms with E-state index in [4.69, 9.17) is 19.2 Å². The Balaban J connectivity index is 1.50. The molecule has 2 aromatic carbocycles. The number of hydrogen-bond donors (Lipinski definition) is 0. The lowest BCUT2D eigenvalue weighted by Gasteiger charge is -2.22. The van der Waals surface area contributed by atoms with E-state index in [0.29, 0.717) is 39.4 Å².